The van der Waals surface area contributed by atoms with Crippen molar-refractivity contribution in [3.05, 3.63) is 28.3 Å². The first-order chi connectivity index (χ1) is 8.54. The summed E-state index contributed by atoms with van der Waals surface area (Å²) in [5, 5.41) is 10.9. The summed E-state index contributed by atoms with van der Waals surface area (Å²) in [5.74, 6) is 0. The SMILES string of the molecule is CC(C)(C)CNS(=O)(=O)c1cccc(N)c1[N+](=O)[O-]. The van der Waals surface area contributed by atoms with Gasteiger partial charge in [0.25, 0.3) is 0 Å². The molecule has 1 rings (SSSR count). The number of nitrogens with two attached hydrogens (primary N) is 1. The average Bonchev–Trinajstić information content (AvgIpc) is 2.25. The molecule has 0 aliphatic heterocycles. The van der Waals surface area contributed by atoms with E-state index in [9.17, 15) is 18.5 Å². The number of benzene rings is 1. The number of hydrogen-bond donors (Lipinski definition) is 2. The quantitative estimate of drug-likeness (QED) is 0.494. The predicted molar refractivity (Wildman–Crippen MR) is 72.2 cm³/mol. The van der Waals surface area contributed by atoms with Gasteiger partial charge in [-0.25, -0.2) is 13.1 Å². The summed E-state index contributed by atoms with van der Waals surface area (Å²) in [6, 6.07) is 3.83. The minimum atomic E-state index is -3.96. The van der Waals surface area contributed by atoms with Crippen molar-refractivity contribution in [2.75, 3.05) is 12.3 Å². The average molecular weight is 287 g/mol. The number of hydrogen-bond acceptors (Lipinski definition) is 5. The molecule has 0 bridgehead atoms. The van der Waals surface area contributed by atoms with Crippen molar-refractivity contribution in [3.63, 3.8) is 0 Å². The van der Waals surface area contributed by atoms with Gasteiger partial charge in [0.1, 0.15) is 5.69 Å². The monoisotopic (exact) mass is 287 g/mol. The van der Waals surface area contributed by atoms with Crippen LogP contribution < -0.4 is 10.5 Å². The second-order valence-corrected chi connectivity index (χ2v) is 7.07. The largest absolute Gasteiger partial charge is 0.393 e. The molecule has 0 radical (unpaired) electrons. The number of para-hydroxylation sites is 1. The van der Waals surface area contributed by atoms with Crippen molar-refractivity contribution in [1.29, 1.82) is 0 Å². The molecule has 0 heterocycles. The topological polar surface area (TPSA) is 115 Å². The van der Waals surface area contributed by atoms with Crippen molar-refractivity contribution in [3.8, 4) is 0 Å². The zero-order valence-corrected chi connectivity index (χ0v) is 11.8. The first-order valence-electron chi connectivity index (χ1n) is 5.57. The van der Waals surface area contributed by atoms with Crippen LogP contribution in [-0.2, 0) is 10.0 Å². The number of rotatable bonds is 4. The van der Waals surface area contributed by atoms with Crippen LogP contribution in [0.1, 0.15) is 20.8 Å². The van der Waals surface area contributed by atoms with E-state index in [1.54, 1.807) is 0 Å². The molecule has 0 atom stereocenters. The molecule has 0 aliphatic rings. The van der Waals surface area contributed by atoms with Crippen molar-refractivity contribution in [2.24, 2.45) is 5.41 Å². The molecule has 3 N–H and O–H groups in total. The smallest absolute Gasteiger partial charge is 0.312 e. The highest BCUT2D eigenvalue weighted by atomic mass is 32.2. The van der Waals surface area contributed by atoms with Crippen LogP contribution in [-0.4, -0.2) is 19.9 Å². The summed E-state index contributed by atoms with van der Waals surface area (Å²) in [6.45, 7) is 5.72. The fourth-order valence-corrected chi connectivity index (χ4v) is 2.82. The number of nitrogens with one attached hydrogen (secondary N) is 1. The third-order valence-electron chi connectivity index (χ3n) is 2.29. The van der Waals surface area contributed by atoms with E-state index in [0.29, 0.717) is 0 Å². The molecule has 0 saturated heterocycles. The van der Waals surface area contributed by atoms with E-state index in [1.165, 1.54) is 18.2 Å². The van der Waals surface area contributed by atoms with Gasteiger partial charge in [0.05, 0.1) is 4.92 Å². The van der Waals surface area contributed by atoms with Crippen molar-refractivity contribution in [2.45, 2.75) is 25.7 Å². The molecular weight excluding hydrogens is 270 g/mol. The Morgan fingerprint density at radius 1 is 1.37 bits per heavy atom. The number of nitro groups is 1. The molecule has 0 aliphatic carbocycles. The molecule has 7 nitrogen and oxygen atoms in total. The van der Waals surface area contributed by atoms with Gasteiger partial charge < -0.3 is 5.73 Å². The molecule has 19 heavy (non-hydrogen) atoms. The molecule has 0 amide bonds. The fourth-order valence-electron chi connectivity index (χ4n) is 1.34. The number of nitrogens with zero attached hydrogens (tertiary/aromatic N) is 1. The highest BCUT2D eigenvalue weighted by Gasteiger charge is 2.28. The van der Waals surface area contributed by atoms with Gasteiger partial charge in [-0.3, -0.25) is 10.1 Å². The van der Waals surface area contributed by atoms with E-state index in [2.05, 4.69) is 4.72 Å². The number of sulfonamides is 1. The predicted octanol–water partition coefficient (Wildman–Crippen LogP) is 1.50. The first-order valence-corrected chi connectivity index (χ1v) is 7.05. The van der Waals surface area contributed by atoms with Crippen molar-refractivity contribution in [1.82, 2.24) is 4.72 Å². The van der Waals surface area contributed by atoms with Crippen LogP contribution in [0.25, 0.3) is 0 Å². The van der Waals surface area contributed by atoms with E-state index >= 15 is 0 Å². The lowest BCUT2D eigenvalue weighted by Gasteiger charge is -2.18. The van der Waals surface area contributed by atoms with Gasteiger partial charge in [-0.15, -0.1) is 0 Å². The van der Waals surface area contributed by atoms with Crippen LogP contribution in [0, 0.1) is 15.5 Å². The lowest BCUT2D eigenvalue weighted by atomic mass is 9.98. The summed E-state index contributed by atoms with van der Waals surface area (Å²) in [6.07, 6.45) is 0. The van der Waals surface area contributed by atoms with Gasteiger partial charge in [-0.2, -0.15) is 0 Å². The normalized spacial score (nSPS) is 12.4. The van der Waals surface area contributed by atoms with E-state index in [4.69, 9.17) is 5.73 Å². The Morgan fingerprint density at radius 2 is 1.95 bits per heavy atom. The summed E-state index contributed by atoms with van der Waals surface area (Å²) >= 11 is 0. The Labute approximate surface area is 112 Å². The minimum absolute atomic E-state index is 0.168. The molecule has 1 aromatic rings. The van der Waals surface area contributed by atoms with Crippen LogP contribution in [0.5, 0.6) is 0 Å². The Balaban J connectivity index is 3.23. The van der Waals surface area contributed by atoms with Gasteiger partial charge in [0.15, 0.2) is 4.90 Å². The van der Waals surface area contributed by atoms with Crippen LogP contribution in [0.2, 0.25) is 0 Å². The maximum atomic E-state index is 12.1. The van der Waals surface area contributed by atoms with E-state index in [0.717, 1.165) is 0 Å². The summed E-state index contributed by atoms with van der Waals surface area (Å²) < 4.78 is 26.5. The molecule has 106 valence electrons. The van der Waals surface area contributed by atoms with Crippen LogP contribution in [0.3, 0.4) is 0 Å². The third kappa shape index (κ3) is 3.90. The maximum absolute atomic E-state index is 12.1. The van der Waals surface area contributed by atoms with Gasteiger partial charge in [0, 0.05) is 6.54 Å². The van der Waals surface area contributed by atoms with Crippen molar-refractivity contribution < 1.29 is 13.3 Å². The van der Waals surface area contributed by atoms with E-state index in [-0.39, 0.29) is 17.6 Å². The molecule has 0 unspecified atom stereocenters. The van der Waals surface area contributed by atoms with Crippen LogP contribution in [0.15, 0.2) is 23.1 Å². The van der Waals surface area contributed by atoms with Crippen molar-refractivity contribution >= 4 is 21.4 Å². The second kappa shape index (κ2) is 5.14. The number of nitro benzene ring substituents is 1. The zero-order valence-electron chi connectivity index (χ0n) is 11.0. The van der Waals surface area contributed by atoms with Gasteiger partial charge in [0.2, 0.25) is 10.0 Å². The molecule has 0 fully saturated rings. The molecule has 1 aromatic carbocycles. The van der Waals surface area contributed by atoms with Gasteiger partial charge in [-0.05, 0) is 17.5 Å². The Kier molecular flexibility index (Phi) is 4.16. The Morgan fingerprint density at radius 3 is 2.42 bits per heavy atom. The van der Waals surface area contributed by atoms with E-state index in [1.807, 2.05) is 20.8 Å². The fraction of sp³-hybridized carbons (Fsp3) is 0.455. The van der Waals surface area contributed by atoms with Crippen LogP contribution >= 0.6 is 0 Å². The standard InChI is InChI=1S/C11H17N3O4S/c1-11(2,3)7-13-19(17,18)9-6-4-5-8(12)10(9)14(15)16/h4-6,13H,7,12H2,1-3H3. The van der Waals surface area contributed by atoms with Crippen LogP contribution in [0.4, 0.5) is 11.4 Å². The van der Waals surface area contributed by atoms with Gasteiger partial charge in [-0.1, -0.05) is 26.8 Å². The number of nitrogen functional groups attached to an aromatic ring is 1. The second-order valence-electron chi connectivity index (χ2n) is 5.34. The lowest BCUT2D eigenvalue weighted by Crippen LogP contribution is -2.32. The first kappa shape index (κ1) is 15.4. The van der Waals surface area contributed by atoms with Gasteiger partial charge >= 0.3 is 5.69 Å². The Hall–Kier alpha value is -1.67. The third-order valence-corrected chi connectivity index (χ3v) is 3.73. The molecular formula is C11H17N3O4S. The molecule has 8 heteroatoms. The zero-order chi connectivity index (χ0) is 14.8. The molecule has 0 saturated carbocycles. The maximum Gasteiger partial charge on any atom is 0.312 e. The molecule has 0 aromatic heterocycles. The highest BCUT2D eigenvalue weighted by molar-refractivity contribution is 7.89. The Bertz CT molecular complexity index is 590. The number of anilines is 1. The lowest BCUT2D eigenvalue weighted by molar-refractivity contribution is -0.386. The summed E-state index contributed by atoms with van der Waals surface area (Å²) in [4.78, 5) is 9.72. The minimum Gasteiger partial charge on any atom is -0.393 e. The molecule has 0 spiro atoms. The highest BCUT2D eigenvalue weighted by Crippen LogP contribution is 2.29. The van der Waals surface area contributed by atoms with E-state index < -0.39 is 25.5 Å². The summed E-state index contributed by atoms with van der Waals surface area (Å²) in [5.41, 5.74) is 4.42. The summed E-state index contributed by atoms with van der Waals surface area (Å²) in [7, 11) is -3.96.